The number of thiophene rings is 1. The highest BCUT2D eigenvalue weighted by atomic mass is 32.1. The standard InChI is InChI=1S/C21H19FN2O2S/c1-3-23-20(25)14-9-8-13(2)17(12-14)24-21(26)19-11-10-18(27-19)15-6-4-5-7-16(15)22/h4-12H,3H2,1-2H3,(H,23,25)(H,24,26). The molecule has 0 atom stereocenters. The van der Waals surface area contributed by atoms with Crippen molar-refractivity contribution in [2.24, 2.45) is 0 Å². The zero-order chi connectivity index (χ0) is 19.4. The summed E-state index contributed by atoms with van der Waals surface area (Å²) in [5.41, 5.74) is 2.37. The molecule has 0 aliphatic heterocycles. The van der Waals surface area contributed by atoms with E-state index in [1.165, 1.54) is 17.4 Å². The predicted molar refractivity (Wildman–Crippen MR) is 107 cm³/mol. The average Bonchev–Trinajstić information content (AvgIpc) is 3.14. The summed E-state index contributed by atoms with van der Waals surface area (Å²) in [6.45, 7) is 4.23. The fourth-order valence-corrected chi connectivity index (χ4v) is 3.54. The number of rotatable bonds is 5. The number of benzene rings is 2. The Kier molecular flexibility index (Phi) is 5.66. The summed E-state index contributed by atoms with van der Waals surface area (Å²) in [6, 6.07) is 15.0. The van der Waals surface area contributed by atoms with Crippen LogP contribution in [0.3, 0.4) is 0 Å². The SMILES string of the molecule is CCNC(=O)c1ccc(C)c(NC(=O)c2ccc(-c3ccccc3F)s2)c1. The van der Waals surface area contributed by atoms with E-state index in [2.05, 4.69) is 10.6 Å². The molecule has 1 aromatic heterocycles. The van der Waals surface area contributed by atoms with Crippen molar-refractivity contribution in [1.29, 1.82) is 0 Å². The molecule has 3 aromatic rings. The van der Waals surface area contributed by atoms with Gasteiger partial charge in [-0.25, -0.2) is 4.39 Å². The quantitative estimate of drug-likeness (QED) is 0.662. The number of nitrogens with one attached hydrogen (secondary N) is 2. The Labute approximate surface area is 161 Å². The van der Waals surface area contributed by atoms with Crippen LogP contribution < -0.4 is 10.6 Å². The molecule has 0 aliphatic carbocycles. The smallest absolute Gasteiger partial charge is 0.265 e. The lowest BCUT2D eigenvalue weighted by molar-refractivity contribution is 0.0954. The van der Waals surface area contributed by atoms with Gasteiger partial charge in [-0.3, -0.25) is 9.59 Å². The minimum atomic E-state index is -0.322. The van der Waals surface area contributed by atoms with E-state index in [1.54, 1.807) is 48.5 Å². The molecule has 0 unspecified atom stereocenters. The summed E-state index contributed by atoms with van der Waals surface area (Å²) in [6.07, 6.45) is 0. The molecular formula is C21H19FN2O2S. The highest BCUT2D eigenvalue weighted by Gasteiger charge is 2.14. The highest BCUT2D eigenvalue weighted by Crippen LogP contribution is 2.30. The second-order valence-electron chi connectivity index (χ2n) is 5.99. The number of anilines is 1. The second-order valence-corrected chi connectivity index (χ2v) is 7.07. The molecule has 138 valence electrons. The summed E-state index contributed by atoms with van der Waals surface area (Å²) < 4.78 is 13.9. The minimum Gasteiger partial charge on any atom is -0.352 e. The summed E-state index contributed by atoms with van der Waals surface area (Å²) in [5.74, 6) is -0.804. The van der Waals surface area contributed by atoms with Gasteiger partial charge in [0.25, 0.3) is 11.8 Å². The van der Waals surface area contributed by atoms with E-state index in [4.69, 9.17) is 0 Å². The van der Waals surface area contributed by atoms with Gasteiger partial charge >= 0.3 is 0 Å². The number of amides is 2. The molecule has 0 saturated carbocycles. The van der Waals surface area contributed by atoms with Gasteiger partial charge in [0, 0.05) is 28.2 Å². The van der Waals surface area contributed by atoms with Gasteiger partial charge in [0.05, 0.1) is 4.88 Å². The van der Waals surface area contributed by atoms with Gasteiger partial charge in [-0.15, -0.1) is 11.3 Å². The first kappa shape index (κ1) is 18.8. The molecule has 2 amide bonds. The molecule has 2 aromatic carbocycles. The highest BCUT2D eigenvalue weighted by molar-refractivity contribution is 7.17. The average molecular weight is 382 g/mol. The molecule has 0 saturated heterocycles. The first-order valence-corrected chi connectivity index (χ1v) is 9.36. The van der Waals surface area contributed by atoms with Gasteiger partial charge in [-0.1, -0.05) is 24.3 Å². The van der Waals surface area contributed by atoms with E-state index < -0.39 is 0 Å². The van der Waals surface area contributed by atoms with Crippen LogP contribution in [0.25, 0.3) is 10.4 Å². The maximum Gasteiger partial charge on any atom is 0.265 e. The summed E-state index contributed by atoms with van der Waals surface area (Å²) in [7, 11) is 0. The van der Waals surface area contributed by atoms with Crippen LogP contribution in [0, 0.1) is 12.7 Å². The lowest BCUT2D eigenvalue weighted by Crippen LogP contribution is -2.23. The Morgan fingerprint density at radius 2 is 1.81 bits per heavy atom. The van der Waals surface area contributed by atoms with Crippen molar-refractivity contribution in [2.75, 3.05) is 11.9 Å². The maximum absolute atomic E-state index is 13.9. The Balaban J connectivity index is 1.81. The molecular weight excluding hydrogens is 363 g/mol. The molecule has 6 heteroatoms. The lowest BCUT2D eigenvalue weighted by atomic mass is 10.1. The topological polar surface area (TPSA) is 58.2 Å². The molecule has 0 radical (unpaired) electrons. The fraction of sp³-hybridized carbons (Fsp3) is 0.143. The zero-order valence-electron chi connectivity index (χ0n) is 15.0. The first-order valence-electron chi connectivity index (χ1n) is 8.54. The molecule has 1 heterocycles. The third-order valence-corrected chi connectivity index (χ3v) is 5.17. The Morgan fingerprint density at radius 1 is 1.04 bits per heavy atom. The van der Waals surface area contributed by atoms with Crippen LogP contribution >= 0.6 is 11.3 Å². The largest absolute Gasteiger partial charge is 0.352 e. The molecule has 0 aliphatic rings. The molecule has 3 rings (SSSR count). The number of aryl methyl sites for hydroxylation is 1. The van der Waals surface area contributed by atoms with Gasteiger partial charge in [-0.05, 0) is 49.7 Å². The van der Waals surface area contributed by atoms with Gasteiger partial charge < -0.3 is 10.6 Å². The third kappa shape index (κ3) is 4.23. The Hall–Kier alpha value is -2.99. The van der Waals surface area contributed by atoms with Crippen LogP contribution in [0.2, 0.25) is 0 Å². The Morgan fingerprint density at radius 3 is 2.56 bits per heavy atom. The normalized spacial score (nSPS) is 10.5. The van der Waals surface area contributed by atoms with Crippen LogP contribution in [0.1, 0.15) is 32.5 Å². The molecule has 0 spiro atoms. The van der Waals surface area contributed by atoms with E-state index in [-0.39, 0.29) is 17.6 Å². The van der Waals surface area contributed by atoms with Gasteiger partial charge in [0.15, 0.2) is 0 Å². The summed E-state index contributed by atoms with van der Waals surface area (Å²) >= 11 is 1.22. The molecule has 27 heavy (non-hydrogen) atoms. The van der Waals surface area contributed by atoms with Crippen LogP contribution in [-0.2, 0) is 0 Å². The van der Waals surface area contributed by atoms with E-state index >= 15 is 0 Å². The number of hydrogen-bond acceptors (Lipinski definition) is 3. The van der Waals surface area contributed by atoms with Crippen LogP contribution in [-0.4, -0.2) is 18.4 Å². The summed E-state index contributed by atoms with van der Waals surface area (Å²) in [4.78, 5) is 25.8. The first-order chi connectivity index (χ1) is 13.0. The van der Waals surface area contributed by atoms with Crippen molar-refractivity contribution >= 4 is 28.8 Å². The van der Waals surface area contributed by atoms with E-state index in [1.807, 2.05) is 13.8 Å². The van der Waals surface area contributed by atoms with Gasteiger partial charge in [0.2, 0.25) is 0 Å². The lowest BCUT2D eigenvalue weighted by Gasteiger charge is -2.10. The van der Waals surface area contributed by atoms with E-state index in [9.17, 15) is 14.0 Å². The molecule has 2 N–H and O–H groups in total. The number of hydrogen-bond donors (Lipinski definition) is 2. The molecule has 0 fully saturated rings. The minimum absolute atomic E-state index is 0.189. The Bertz CT molecular complexity index is 997. The van der Waals surface area contributed by atoms with Crippen molar-refractivity contribution in [1.82, 2.24) is 5.32 Å². The van der Waals surface area contributed by atoms with Crippen LogP contribution in [0.5, 0.6) is 0 Å². The molecule has 0 bridgehead atoms. The van der Waals surface area contributed by atoms with E-state index in [0.29, 0.717) is 33.1 Å². The van der Waals surface area contributed by atoms with Crippen molar-refractivity contribution in [3.63, 3.8) is 0 Å². The summed E-state index contributed by atoms with van der Waals surface area (Å²) in [5, 5.41) is 5.58. The van der Waals surface area contributed by atoms with Crippen LogP contribution in [0.15, 0.2) is 54.6 Å². The fourth-order valence-electron chi connectivity index (χ4n) is 2.61. The number of carbonyl (C=O) groups excluding carboxylic acids is 2. The number of halogens is 1. The predicted octanol–water partition coefficient (Wildman–Crippen LogP) is 4.86. The monoisotopic (exact) mass is 382 g/mol. The maximum atomic E-state index is 13.9. The van der Waals surface area contributed by atoms with E-state index in [0.717, 1.165) is 5.56 Å². The van der Waals surface area contributed by atoms with Gasteiger partial charge in [-0.2, -0.15) is 0 Å². The zero-order valence-corrected chi connectivity index (χ0v) is 15.8. The van der Waals surface area contributed by atoms with Gasteiger partial charge in [0.1, 0.15) is 5.82 Å². The second kappa shape index (κ2) is 8.14. The number of carbonyl (C=O) groups is 2. The van der Waals surface area contributed by atoms with Crippen molar-refractivity contribution < 1.29 is 14.0 Å². The van der Waals surface area contributed by atoms with Crippen molar-refractivity contribution in [3.8, 4) is 10.4 Å². The van der Waals surface area contributed by atoms with Crippen molar-refractivity contribution in [2.45, 2.75) is 13.8 Å². The van der Waals surface area contributed by atoms with Crippen LogP contribution in [0.4, 0.5) is 10.1 Å². The third-order valence-electron chi connectivity index (χ3n) is 4.05. The molecule has 4 nitrogen and oxygen atoms in total. The van der Waals surface area contributed by atoms with Crippen molar-refractivity contribution in [3.05, 3.63) is 76.4 Å².